The smallest absolute Gasteiger partial charge is 0.367 e. The minimum Gasteiger partial charge on any atom is -0.508 e. The first kappa shape index (κ1) is 29.9. The van der Waals surface area contributed by atoms with Crippen molar-refractivity contribution in [1.82, 2.24) is 0 Å². The number of hydrogen-bond donors (Lipinski definition) is 1. The molecule has 0 heterocycles. The van der Waals surface area contributed by atoms with Crippen molar-refractivity contribution in [3.8, 4) is 11.5 Å². The van der Waals surface area contributed by atoms with Gasteiger partial charge in [-0.25, -0.2) is 4.79 Å². The lowest BCUT2D eigenvalue weighted by atomic mass is 9.44. The van der Waals surface area contributed by atoms with Gasteiger partial charge < -0.3 is 19.2 Å². The number of phenolic OH excluding ortho intramolecular Hbond substituents is 1. The zero-order valence-corrected chi connectivity index (χ0v) is 24.0. The molecule has 0 unspecified atom stereocenters. The normalized spacial score (nSPS) is 22.5. The van der Waals surface area contributed by atoms with Crippen molar-refractivity contribution in [2.75, 3.05) is 34.3 Å². The molecule has 212 valence electrons. The Kier molecular flexibility index (Phi) is 8.81. The molecule has 0 spiro atoms. The highest BCUT2D eigenvalue weighted by Crippen LogP contribution is 2.64. The Labute approximate surface area is 226 Å². The lowest BCUT2D eigenvalue weighted by Crippen LogP contribution is -2.56. The molecule has 3 saturated carbocycles. The summed E-state index contributed by atoms with van der Waals surface area (Å²) in [6, 6.07) is 3.66. The van der Waals surface area contributed by atoms with E-state index in [1.54, 1.807) is 6.07 Å². The molecule has 2 bridgehead atoms. The number of rotatable bonds is 13. The zero-order chi connectivity index (χ0) is 28.5. The van der Waals surface area contributed by atoms with E-state index in [0.29, 0.717) is 28.6 Å². The number of ether oxygens (including phenoxy) is 1. The number of hydrogen-bond acceptors (Lipinski definition) is 7. The minimum absolute atomic E-state index is 0.0689. The van der Waals surface area contributed by atoms with Gasteiger partial charge in [-0.1, -0.05) is 47.0 Å². The summed E-state index contributed by atoms with van der Waals surface area (Å²) in [6.45, 7) is 8.72. The number of carbonyl (C=O) groups is 2. The molecule has 0 saturated heterocycles. The number of Topliss-reactive ketones (excluding diaryl/α,β-unsaturated/α-hetero) is 1. The number of fused-ring (bicyclic) bond motifs is 2. The number of esters is 1. The largest absolute Gasteiger partial charge is 0.508 e. The van der Waals surface area contributed by atoms with Gasteiger partial charge in [-0.3, -0.25) is 4.79 Å². The maximum absolute atomic E-state index is 12.9. The van der Waals surface area contributed by atoms with Crippen LogP contribution in [0.4, 0.5) is 0 Å². The van der Waals surface area contributed by atoms with E-state index in [1.165, 1.54) is 0 Å². The first-order valence-electron chi connectivity index (χ1n) is 13.7. The van der Waals surface area contributed by atoms with Crippen molar-refractivity contribution in [3.63, 3.8) is 0 Å². The molecule has 0 amide bonds. The van der Waals surface area contributed by atoms with Crippen molar-refractivity contribution in [2.24, 2.45) is 17.3 Å². The van der Waals surface area contributed by atoms with Gasteiger partial charge in [0.25, 0.3) is 5.09 Å². The van der Waals surface area contributed by atoms with Crippen molar-refractivity contribution in [3.05, 3.63) is 33.4 Å². The van der Waals surface area contributed by atoms with Gasteiger partial charge >= 0.3 is 5.97 Å². The molecule has 0 aliphatic heterocycles. The van der Waals surface area contributed by atoms with Gasteiger partial charge in [0.15, 0.2) is 6.54 Å². The Bertz CT molecular complexity index is 1060. The van der Waals surface area contributed by atoms with Crippen LogP contribution in [0.2, 0.25) is 0 Å². The zero-order valence-electron chi connectivity index (χ0n) is 24.0. The fourth-order valence-corrected chi connectivity index (χ4v) is 6.30. The van der Waals surface area contributed by atoms with Gasteiger partial charge in [0.05, 0.1) is 27.7 Å². The third-order valence-electron chi connectivity index (χ3n) is 8.63. The molecule has 3 aliphatic carbocycles. The summed E-state index contributed by atoms with van der Waals surface area (Å²) < 4.78 is 6.37. The Morgan fingerprint density at radius 3 is 2.42 bits per heavy atom. The summed E-state index contributed by atoms with van der Waals surface area (Å²) in [7, 11) is 5.75. The van der Waals surface area contributed by atoms with Gasteiger partial charge in [0.2, 0.25) is 0 Å². The highest BCUT2D eigenvalue weighted by atomic mass is 16.9. The average molecular weight is 534 g/mol. The van der Waals surface area contributed by atoms with E-state index in [1.807, 2.05) is 27.2 Å². The number of quaternary nitrogens is 1. The Morgan fingerprint density at radius 2 is 1.84 bits per heavy atom. The SMILES string of the molecule is CC(C)(CCCCCCO[N+](=O)[O-])c1cc(O)c([C@H]2CC(=O)[C@H]3C[C@H]2C3(C)C)c(OC(=O)C[N+](C)(C)C)c1. The molecule has 1 N–H and O–H groups in total. The number of ketones is 1. The molecule has 0 radical (unpaired) electrons. The van der Waals surface area contributed by atoms with Gasteiger partial charge in [0, 0.05) is 23.8 Å². The van der Waals surface area contributed by atoms with Crippen molar-refractivity contribution < 1.29 is 33.8 Å². The molecule has 9 heteroatoms. The van der Waals surface area contributed by atoms with E-state index in [-0.39, 0.29) is 59.2 Å². The van der Waals surface area contributed by atoms with Crippen LogP contribution in [-0.2, 0) is 19.8 Å². The average Bonchev–Trinajstić information content (AvgIpc) is 2.75. The third kappa shape index (κ3) is 6.84. The molecule has 3 atom stereocenters. The lowest BCUT2D eigenvalue weighted by molar-refractivity contribution is -0.862. The number of phenols is 1. The highest BCUT2D eigenvalue weighted by Gasteiger charge is 2.59. The van der Waals surface area contributed by atoms with Crippen LogP contribution in [-0.4, -0.2) is 60.7 Å². The van der Waals surface area contributed by atoms with E-state index in [2.05, 4.69) is 32.5 Å². The number of nitrogens with zero attached hydrogens (tertiary/aromatic N) is 2. The summed E-state index contributed by atoms with van der Waals surface area (Å²) in [5.74, 6) is 0.413. The molecular formula is C29H45N2O7+. The van der Waals surface area contributed by atoms with Crippen LogP contribution in [0, 0.1) is 27.4 Å². The van der Waals surface area contributed by atoms with Crippen LogP contribution in [0.1, 0.15) is 89.7 Å². The van der Waals surface area contributed by atoms with Gasteiger partial charge in [-0.15, -0.1) is 10.1 Å². The molecular weight excluding hydrogens is 488 g/mol. The quantitative estimate of drug-likeness (QED) is 0.0930. The summed E-state index contributed by atoms with van der Waals surface area (Å²) in [5, 5.41) is 20.9. The predicted molar refractivity (Wildman–Crippen MR) is 143 cm³/mol. The second-order valence-electron chi connectivity index (χ2n) is 13.4. The maximum atomic E-state index is 12.9. The summed E-state index contributed by atoms with van der Waals surface area (Å²) in [4.78, 5) is 40.5. The van der Waals surface area contributed by atoms with Gasteiger partial charge in [-0.05, 0) is 53.7 Å². The number of benzene rings is 1. The number of likely N-dealkylation sites (N-methyl/N-ethyl adjacent to an activating group) is 1. The van der Waals surface area contributed by atoms with E-state index in [9.17, 15) is 24.8 Å². The van der Waals surface area contributed by atoms with Gasteiger partial charge in [-0.2, -0.15) is 0 Å². The molecule has 1 aromatic rings. The van der Waals surface area contributed by atoms with Crippen molar-refractivity contribution >= 4 is 11.8 Å². The molecule has 3 aliphatic rings. The minimum atomic E-state index is -0.766. The predicted octanol–water partition coefficient (Wildman–Crippen LogP) is 5.16. The molecule has 4 rings (SSSR count). The Balaban J connectivity index is 1.84. The lowest BCUT2D eigenvalue weighted by Gasteiger charge is -2.59. The van der Waals surface area contributed by atoms with Crippen molar-refractivity contribution in [1.29, 1.82) is 0 Å². The molecule has 3 fully saturated rings. The molecule has 9 nitrogen and oxygen atoms in total. The van der Waals surface area contributed by atoms with Crippen LogP contribution >= 0.6 is 0 Å². The topological polar surface area (TPSA) is 116 Å². The fourth-order valence-electron chi connectivity index (χ4n) is 6.30. The second-order valence-corrected chi connectivity index (χ2v) is 13.4. The first-order chi connectivity index (χ1) is 17.5. The van der Waals surface area contributed by atoms with Crippen LogP contribution in [0.15, 0.2) is 12.1 Å². The number of carbonyl (C=O) groups excluding carboxylic acids is 2. The monoisotopic (exact) mass is 533 g/mol. The third-order valence-corrected chi connectivity index (χ3v) is 8.63. The molecule has 1 aromatic carbocycles. The summed E-state index contributed by atoms with van der Waals surface area (Å²) in [6.07, 6.45) is 5.25. The van der Waals surface area contributed by atoms with Crippen LogP contribution in [0.25, 0.3) is 0 Å². The van der Waals surface area contributed by atoms with Crippen molar-refractivity contribution in [2.45, 2.75) is 84.0 Å². The summed E-state index contributed by atoms with van der Waals surface area (Å²) in [5.41, 5.74) is 1.00. The highest BCUT2D eigenvalue weighted by molar-refractivity contribution is 5.86. The Hall–Kier alpha value is -2.68. The van der Waals surface area contributed by atoms with E-state index in [4.69, 9.17) is 4.74 Å². The molecule has 0 aromatic heterocycles. The van der Waals surface area contributed by atoms with E-state index < -0.39 is 5.09 Å². The van der Waals surface area contributed by atoms with Crippen LogP contribution < -0.4 is 4.74 Å². The summed E-state index contributed by atoms with van der Waals surface area (Å²) >= 11 is 0. The fraction of sp³-hybridized carbons (Fsp3) is 0.724. The number of unbranched alkanes of at least 4 members (excludes halogenated alkanes) is 3. The van der Waals surface area contributed by atoms with Crippen LogP contribution in [0.5, 0.6) is 11.5 Å². The van der Waals surface area contributed by atoms with Gasteiger partial charge in [0.1, 0.15) is 17.3 Å². The second kappa shape index (κ2) is 11.2. The Morgan fingerprint density at radius 1 is 1.18 bits per heavy atom. The van der Waals surface area contributed by atoms with Crippen LogP contribution in [0.3, 0.4) is 0 Å². The standard InChI is InChI=1S/C29H44N2O7/c1-28(2,12-10-8-9-11-13-37-30(35)36)19-14-24(33)27(25(15-19)38-26(34)18-31(5,6)7)20-16-23(32)22-17-21(20)29(22,3)4/h14-15,20-22H,8-13,16-18H2,1-7H3/p+1/t20-,21+,22+/m0/s1. The molecule has 38 heavy (non-hydrogen) atoms. The number of aromatic hydroxyl groups is 1. The first-order valence-corrected chi connectivity index (χ1v) is 13.7. The maximum Gasteiger partial charge on any atom is 0.367 e. The van der Waals surface area contributed by atoms with E-state index >= 15 is 0 Å². The van der Waals surface area contributed by atoms with E-state index in [0.717, 1.165) is 37.7 Å².